The van der Waals surface area contributed by atoms with Crippen LogP contribution in [0.2, 0.25) is 0 Å². The predicted octanol–water partition coefficient (Wildman–Crippen LogP) is 0.994. The summed E-state index contributed by atoms with van der Waals surface area (Å²) in [4.78, 5) is 11.0. The van der Waals surface area contributed by atoms with Crippen LogP contribution in [-0.4, -0.2) is 62.9 Å². The third-order valence-electron chi connectivity index (χ3n) is 1.84. The number of hydrogen-bond acceptors (Lipinski definition) is 5. The van der Waals surface area contributed by atoms with Crippen LogP contribution in [0, 0.1) is 0 Å². The standard InChI is InChI=1S/C11H20O5S.Na.H/c1-4-9-17(13,14)16-8-6-5-7-15-11(12)10(2)3;;/h2,4-9H2,1,3H3;;. The molecule has 0 saturated heterocycles. The molecule has 0 aliphatic heterocycles. The SMILES string of the molecule is C=C(C)C(=O)OCCCCOS(=O)(=O)CCC.[NaH]. The maximum absolute atomic E-state index is 11.1. The molecule has 0 heterocycles. The summed E-state index contributed by atoms with van der Waals surface area (Å²) in [6, 6.07) is 0. The first-order chi connectivity index (χ1) is 7.89. The number of carbonyl (C=O) groups excluding carboxylic acids is 1. The average molecular weight is 288 g/mol. The molecule has 0 atom stereocenters. The number of esters is 1. The zero-order valence-electron chi connectivity index (χ0n) is 10.4. The van der Waals surface area contributed by atoms with Gasteiger partial charge in [0.2, 0.25) is 0 Å². The maximum atomic E-state index is 11.1. The Kier molecular flexibility index (Phi) is 12.5. The Balaban J connectivity index is 0. The molecule has 0 aromatic heterocycles. The van der Waals surface area contributed by atoms with Crippen LogP contribution in [0.4, 0.5) is 0 Å². The van der Waals surface area contributed by atoms with Crippen LogP contribution in [0.5, 0.6) is 0 Å². The first-order valence-corrected chi connectivity index (χ1v) is 7.16. The molecule has 0 bridgehead atoms. The number of carbonyl (C=O) groups is 1. The predicted molar refractivity (Wildman–Crippen MR) is 72.2 cm³/mol. The van der Waals surface area contributed by atoms with Crippen LogP contribution >= 0.6 is 0 Å². The van der Waals surface area contributed by atoms with Gasteiger partial charge in [0.25, 0.3) is 10.1 Å². The van der Waals surface area contributed by atoms with Crippen LogP contribution in [0.15, 0.2) is 12.2 Å². The molecule has 0 aliphatic carbocycles. The fraction of sp³-hybridized carbons (Fsp3) is 0.727. The summed E-state index contributed by atoms with van der Waals surface area (Å²) in [5.74, 6) is -0.387. The summed E-state index contributed by atoms with van der Waals surface area (Å²) in [7, 11) is -3.37. The second-order valence-corrected chi connectivity index (χ2v) is 5.47. The topological polar surface area (TPSA) is 69.7 Å². The van der Waals surface area contributed by atoms with Crippen LogP contribution in [0.3, 0.4) is 0 Å². The molecule has 18 heavy (non-hydrogen) atoms. The number of hydrogen-bond donors (Lipinski definition) is 0. The van der Waals surface area contributed by atoms with E-state index >= 15 is 0 Å². The van der Waals surface area contributed by atoms with Crippen LogP contribution in [0.25, 0.3) is 0 Å². The van der Waals surface area contributed by atoms with Gasteiger partial charge >= 0.3 is 35.5 Å². The van der Waals surface area contributed by atoms with E-state index in [4.69, 9.17) is 8.92 Å². The minimum absolute atomic E-state index is 0. The van der Waals surface area contributed by atoms with E-state index in [2.05, 4.69) is 6.58 Å². The molecule has 0 N–H and O–H groups in total. The summed E-state index contributed by atoms with van der Waals surface area (Å²) in [5, 5.41) is 0. The van der Waals surface area contributed by atoms with Gasteiger partial charge in [0.05, 0.1) is 19.0 Å². The van der Waals surface area contributed by atoms with Crippen molar-refractivity contribution >= 4 is 45.6 Å². The Labute approximate surface area is 131 Å². The average Bonchev–Trinajstić information content (AvgIpc) is 2.22. The van der Waals surface area contributed by atoms with Gasteiger partial charge < -0.3 is 4.74 Å². The van der Waals surface area contributed by atoms with Gasteiger partial charge in [-0.1, -0.05) is 13.5 Å². The minimum atomic E-state index is -3.37. The van der Waals surface area contributed by atoms with Crippen molar-refractivity contribution in [2.75, 3.05) is 19.0 Å². The zero-order valence-corrected chi connectivity index (χ0v) is 11.2. The molecule has 0 aliphatic rings. The first-order valence-electron chi connectivity index (χ1n) is 5.58. The monoisotopic (exact) mass is 288 g/mol. The van der Waals surface area contributed by atoms with E-state index in [-0.39, 0.29) is 48.5 Å². The van der Waals surface area contributed by atoms with Crippen LogP contribution in [0.1, 0.15) is 33.1 Å². The second kappa shape index (κ2) is 11.0. The molecule has 0 aromatic rings. The quantitative estimate of drug-likeness (QED) is 0.208. The van der Waals surface area contributed by atoms with Gasteiger partial charge in [0, 0.05) is 5.57 Å². The molecule has 0 amide bonds. The number of unbranched alkanes of at least 4 members (excludes halogenated alkanes) is 1. The molecular weight excluding hydrogens is 267 g/mol. The van der Waals surface area contributed by atoms with Crippen molar-refractivity contribution in [3.8, 4) is 0 Å². The van der Waals surface area contributed by atoms with Crippen molar-refractivity contribution in [3.63, 3.8) is 0 Å². The summed E-state index contributed by atoms with van der Waals surface area (Å²) >= 11 is 0. The molecule has 0 fully saturated rings. The third kappa shape index (κ3) is 11.2. The summed E-state index contributed by atoms with van der Waals surface area (Å²) in [6.45, 7) is 7.18. The van der Waals surface area contributed by atoms with Gasteiger partial charge in [-0.05, 0) is 26.2 Å². The fourth-order valence-corrected chi connectivity index (χ4v) is 1.98. The van der Waals surface area contributed by atoms with Gasteiger partial charge in [-0.15, -0.1) is 0 Å². The van der Waals surface area contributed by atoms with Crippen LogP contribution < -0.4 is 0 Å². The van der Waals surface area contributed by atoms with E-state index in [0.717, 1.165) is 0 Å². The van der Waals surface area contributed by atoms with E-state index in [9.17, 15) is 13.2 Å². The molecule has 5 nitrogen and oxygen atoms in total. The van der Waals surface area contributed by atoms with Crippen molar-refractivity contribution in [1.82, 2.24) is 0 Å². The zero-order chi connectivity index (χ0) is 13.3. The second-order valence-electron chi connectivity index (χ2n) is 3.71. The van der Waals surface area contributed by atoms with E-state index in [1.54, 1.807) is 13.8 Å². The Hall–Kier alpha value is 0.120. The van der Waals surface area contributed by atoms with Gasteiger partial charge in [0.15, 0.2) is 0 Å². The summed E-state index contributed by atoms with van der Waals surface area (Å²) in [6.07, 6.45) is 1.64. The summed E-state index contributed by atoms with van der Waals surface area (Å²) in [5.41, 5.74) is 0.353. The Morgan fingerprint density at radius 3 is 2.28 bits per heavy atom. The van der Waals surface area contributed by atoms with Crippen molar-refractivity contribution in [2.45, 2.75) is 33.1 Å². The molecular formula is C11H21NaO5S. The normalized spacial score (nSPS) is 10.6. The van der Waals surface area contributed by atoms with Crippen LogP contribution in [-0.2, 0) is 23.8 Å². The van der Waals surface area contributed by atoms with Crippen molar-refractivity contribution in [1.29, 1.82) is 0 Å². The van der Waals surface area contributed by atoms with Gasteiger partial charge in [0.1, 0.15) is 0 Å². The molecule has 0 saturated carbocycles. The first kappa shape index (κ1) is 20.4. The summed E-state index contributed by atoms with van der Waals surface area (Å²) < 4.78 is 31.9. The van der Waals surface area contributed by atoms with E-state index in [1.807, 2.05) is 0 Å². The van der Waals surface area contributed by atoms with Gasteiger partial charge in [-0.2, -0.15) is 8.42 Å². The molecule has 0 aromatic carbocycles. The molecule has 0 unspecified atom stereocenters. The molecule has 102 valence electrons. The fourth-order valence-electron chi connectivity index (χ4n) is 0.987. The van der Waals surface area contributed by atoms with Gasteiger partial charge in [-0.3, -0.25) is 4.18 Å². The number of ether oxygens (including phenoxy) is 1. The molecule has 0 rings (SSSR count). The molecule has 0 radical (unpaired) electrons. The number of rotatable bonds is 9. The van der Waals surface area contributed by atoms with Crippen molar-refractivity contribution < 1.29 is 22.1 Å². The van der Waals surface area contributed by atoms with E-state index in [0.29, 0.717) is 24.8 Å². The van der Waals surface area contributed by atoms with E-state index in [1.165, 1.54) is 0 Å². The van der Waals surface area contributed by atoms with E-state index < -0.39 is 16.1 Å². The Bertz CT molecular complexity index is 350. The van der Waals surface area contributed by atoms with Crippen molar-refractivity contribution in [2.24, 2.45) is 0 Å². The third-order valence-corrected chi connectivity index (χ3v) is 3.27. The Morgan fingerprint density at radius 1 is 1.22 bits per heavy atom. The van der Waals surface area contributed by atoms with Crippen molar-refractivity contribution in [3.05, 3.63) is 12.2 Å². The van der Waals surface area contributed by atoms with Gasteiger partial charge in [-0.25, -0.2) is 4.79 Å². The Morgan fingerprint density at radius 2 is 1.78 bits per heavy atom. The molecule has 7 heteroatoms. The molecule has 0 spiro atoms.